The van der Waals surface area contributed by atoms with Crippen LogP contribution in [-0.4, -0.2) is 29.8 Å². The molecule has 0 amide bonds. The number of sulfonamides is 1. The molecule has 2 atom stereocenters. The van der Waals surface area contributed by atoms with Crippen LogP contribution in [0.4, 0.5) is 0 Å². The zero-order chi connectivity index (χ0) is 21.9. The lowest BCUT2D eigenvalue weighted by molar-refractivity contribution is -0.133. The maximum absolute atomic E-state index is 13.7. The fourth-order valence-corrected chi connectivity index (χ4v) is 5.71. The Balaban J connectivity index is 2.12. The van der Waals surface area contributed by atoms with E-state index in [1.165, 1.54) is 4.31 Å². The SMILES string of the molecule is CCCCC[C@@H]1C=C(C(=O)O)[C@H](c2ccc(Cl)cc2)N1S(=O)(=O)c1ccc(C)cc1. The van der Waals surface area contributed by atoms with Gasteiger partial charge in [0.2, 0.25) is 10.0 Å². The van der Waals surface area contributed by atoms with E-state index in [0.29, 0.717) is 17.0 Å². The topological polar surface area (TPSA) is 74.7 Å². The van der Waals surface area contributed by atoms with Crippen LogP contribution in [0.25, 0.3) is 0 Å². The molecule has 1 aliphatic rings. The molecule has 0 fully saturated rings. The molecular formula is C23H26ClNO4S. The highest BCUT2D eigenvalue weighted by Crippen LogP contribution is 2.42. The van der Waals surface area contributed by atoms with Gasteiger partial charge in [-0.25, -0.2) is 13.2 Å². The Morgan fingerprint density at radius 1 is 1.07 bits per heavy atom. The monoisotopic (exact) mass is 447 g/mol. The van der Waals surface area contributed by atoms with Gasteiger partial charge in [0.1, 0.15) is 0 Å². The fraction of sp³-hybridized carbons (Fsp3) is 0.348. The molecule has 5 nitrogen and oxygen atoms in total. The summed E-state index contributed by atoms with van der Waals surface area (Å²) in [6.45, 7) is 3.96. The summed E-state index contributed by atoms with van der Waals surface area (Å²) < 4.78 is 28.7. The molecule has 0 spiro atoms. The number of hydrogen-bond donors (Lipinski definition) is 1. The van der Waals surface area contributed by atoms with Gasteiger partial charge < -0.3 is 5.11 Å². The molecule has 0 aromatic heterocycles. The van der Waals surface area contributed by atoms with Crippen molar-refractivity contribution in [2.75, 3.05) is 0 Å². The third-order valence-corrected chi connectivity index (χ3v) is 7.54. The standard InChI is InChI=1S/C23H26ClNO4S/c1-3-4-5-6-19-15-21(23(26)27)22(17-9-11-18(24)12-10-17)25(19)30(28,29)20-13-7-16(2)8-14-20/h7-15,19,22H,3-6H2,1-2H3,(H,26,27)/t19-,22+/m1/s1. The minimum atomic E-state index is -3.93. The predicted molar refractivity (Wildman–Crippen MR) is 118 cm³/mol. The predicted octanol–water partition coefficient (Wildman–Crippen LogP) is 5.35. The first kappa shape index (κ1) is 22.5. The Hall–Kier alpha value is -2.15. The number of unbranched alkanes of at least 4 members (excludes halogenated alkanes) is 2. The second-order valence-electron chi connectivity index (χ2n) is 7.59. The molecule has 2 aromatic carbocycles. The highest BCUT2D eigenvalue weighted by atomic mass is 35.5. The van der Waals surface area contributed by atoms with Crippen LogP contribution in [0.2, 0.25) is 5.02 Å². The van der Waals surface area contributed by atoms with Gasteiger partial charge in [-0.1, -0.05) is 73.7 Å². The van der Waals surface area contributed by atoms with Gasteiger partial charge >= 0.3 is 5.97 Å². The summed E-state index contributed by atoms with van der Waals surface area (Å²) in [5, 5.41) is 10.4. The van der Waals surface area contributed by atoms with Gasteiger partial charge in [-0.15, -0.1) is 0 Å². The highest BCUT2D eigenvalue weighted by molar-refractivity contribution is 7.89. The van der Waals surface area contributed by atoms with Crippen molar-refractivity contribution in [3.8, 4) is 0 Å². The van der Waals surface area contributed by atoms with Crippen molar-refractivity contribution in [3.63, 3.8) is 0 Å². The number of carboxylic acids is 1. The van der Waals surface area contributed by atoms with Gasteiger partial charge in [0.15, 0.2) is 0 Å². The smallest absolute Gasteiger partial charge is 0.333 e. The Kier molecular flexibility index (Phi) is 7.01. The molecule has 0 saturated heterocycles. The molecule has 0 unspecified atom stereocenters. The van der Waals surface area contributed by atoms with E-state index in [0.717, 1.165) is 24.8 Å². The number of rotatable bonds is 8. The van der Waals surface area contributed by atoms with Gasteiger partial charge in [0, 0.05) is 11.1 Å². The van der Waals surface area contributed by atoms with Crippen LogP contribution in [0.5, 0.6) is 0 Å². The van der Waals surface area contributed by atoms with E-state index in [9.17, 15) is 18.3 Å². The summed E-state index contributed by atoms with van der Waals surface area (Å²) in [6.07, 6.45) is 4.94. The summed E-state index contributed by atoms with van der Waals surface area (Å²) in [5.41, 5.74) is 1.62. The van der Waals surface area contributed by atoms with Crippen molar-refractivity contribution in [1.29, 1.82) is 0 Å². The summed E-state index contributed by atoms with van der Waals surface area (Å²) in [5.74, 6) is -1.11. The van der Waals surface area contributed by atoms with E-state index < -0.39 is 28.1 Å². The summed E-state index contributed by atoms with van der Waals surface area (Å²) in [4.78, 5) is 12.2. The number of aryl methyl sites for hydroxylation is 1. The van der Waals surface area contributed by atoms with Crippen molar-refractivity contribution in [2.45, 2.75) is 56.5 Å². The van der Waals surface area contributed by atoms with Crippen LogP contribution in [0.3, 0.4) is 0 Å². The lowest BCUT2D eigenvalue weighted by Gasteiger charge is -2.31. The molecule has 0 aliphatic carbocycles. The van der Waals surface area contributed by atoms with Crippen molar-refractivity contribution in [3.05, 3.63) is 76.3 Å². The second-order valence-corrected chi connectivity index (χ2v) is 9.87. The van der Waals surface area contributed by atoms with Gasteiger partial charge in [-0.3, -0.25) is 0 Å². The van der Waals surface area contributed by atoms with Crippen LogP contribution in [0, 0.1) is 6.92 Å². The molecule has 0 radical (unpaired) electrons. The van der Waals surface area contributed by atoms with Crippen molar-refractivity contribution in [1.82, 2.24) is 4.31 Å². The number of nitrogens with zero attached hydrogens (tertiary/aromatic N) is 1. The molecule has 3 rings (SSSR count). The molecule has 0 bridgehead atoms. The minimum absolute atomic E-state index is 0.0782. The van der Waals surface area contributed by atoms with E-state index in [4.69, 9.17) is 11.6 Å². The average Bonchev–Trinajstić information content (AvgIpc) is 3.10. The van der Waals surface area contributed by atoms with E-state index in [-0.39, 0.29) is 10.5 Å². The molecule has 30 heavy (non-hydrogen) atoms. The normalized spacial score (nSPS) is 19.6. The highest BCUT2D eigenvalue weighted by Gasteiger charge is 2.45. The van der Waals surface area contributed by atoms with E-state index in [2.05, 4.69) is 6.92 Å². The minimum Gasteiger partial charge on any atom is -0.478 e. The lowest BCUT2D eigenvalue weighted by atomic mass is 10.0. The number of carboxylic acid groups (broad SMARTS) is 1. The van der Waals surface area contributed by atoms with Crippen molar-refractivity contribution >= 4 is 27.6 Å². The molecule has 2 aromatic rings. The number of carbonyl (C=O) groups is 1. The average molecular weight is 448 g/mol. The van der Waals surface area contributed by atoms with E-state index in [1.807, 2.05) is 6.92 Å². The summed E-state index contributed by atoms with van der Waals surface area (Å²) in [6, 6.07) is 11.9. The zero-order valence-electron chi connectivity index (χ0n) is 17.1. The molecule has 1 aliphatic heterocycles. The number of benzene rings is 2. The van der Waals surface area contributed by atoms with Crippen LogP contribution < -0.4 is 0 Å². The molecule has 7 heteroatoms. The Morgan fingerprint density at radius 2 is 1.70 bits per heavy atom. The first-order chi connectivity index (χ1) is 14.3. The van der Waals surface area contributed by atoms with Crippen LogP contribution in [-0.2, 0) is 14.8 Å². The van der Waals surface area contributed by atoms with Gasteiger partial charge in [0.05, 0.1) is 16.5 Å². The maximum atomic E-state index is 13.7. The van der Waals surface area contributed by atoms with Gasteiger partial charge in [0.25, 0.3) is 0 Å². The fourth-order valence-electron chi connectivity index (χ4n) is 3.82. The molecule has 0 saturated carbocycles. The van der Waals surface area contributed by atoms with E-state index in [1.54, 1.807) is 54.6 Å². The van der Waals surface area contributed by atoms with Crippen LogP contribution in [0.1, 0.15) is 49.8 Å². The number of halogens is 1. The largest absolute Gasteiger partial charge is 0.478 e. The Labute approximate surface area is 183 Å². The van der Waals surface area contributed by atoms with E-state index >= 15 is 0 Å². The molecule has 1 N–H and O–H groups in total. The van der Waals surface area contributed by atoms with Crippen LogP contribution >= 0.6 is 11.6 Å². The zero-order valence-corrected chi connectivity index (χ0v) is 18.7. The third-order valence-electron chi connectivity index (χ3n) is 5.38. The Morgan fingerprint density at radius 3 is 2.27 bits per heavy atom. The Bertz CT molecular complexity index is 1030. The first-order valence-corrected chi connectivity index (χ1v) is 11.9. The van der Waals surface area contributed by atoms with Crippen LogP contribution in [0.15, 0.2) is 65.1 Å². The van der Waals surface area contributed by atoms with Crippen molar-refractivity contribution < 1.29 is 18.3 Å². The molecular weight excluding hydrogens is 422 g/mol. The van der Waals surface area contributed by atoms with Gasteiger partial charge in [-0.05, 0) is 43.2 Å². The first-order valence-electron chi connectivity index (χ1n) is 10.1. The number of hydrogen-bond acceptors (Lipinski definition) is 3. The summed E-state index contributed by atoms with van der Waals surface area (Å²) in [7, 11) is -3.93. The quantitative estimate of drug-likeness (QED) is 0.553. The lowest BCUT2D eigenvalue weighted by Crippen LogP contribution is -2.39. The molecule has 160 valence electrons. The third kappa shape index (κ3) is 4.61. The maximum Gasteiger partial charge on any atom is 0.333 e. The number of aliphatic carboxylic acids is 1. The second kappa shape index (κ2) is 9.33. The molecule has 1 heterocycles. The summed E-state index contributed by atoms with van der Waals surface area (Å²) >= 11 is 6.00. The van der Waals surface area contributed by atoms with Gasteiger partial charge in [-0.2, -0.15) is 4.31 Å². The van der Waals surface area contributed by atoms with Crippen molar-refractivity contribution in [2.24, 2.45) is 0 Å².